The lowest BCUT2D eigenvalue weighted by Gasteiger charge is -2.15. The number of carbonyl (C=O) groups is 8. The van der Waals surface area contributed by atoms with Crippen LogP contribution >= 0.6 is 0 Å². The van der Waals surface area contributed by atoms with Crippen LogP contribution in [0.1, 0.15) is 94.4 Å². The Morgan fingerprint density at radius 1 is 0.522 bits per heavy atom. The van der Waals surface area contributed by atoms with Crippen LogP contribution in [0.25, 0.3) is 0 Å². The second-order valence-corrected chi connectivity index (χ2v) is 10.1. The Bertz CT molecular complexity index is 1000. The Kier molecular flexibility index (Phi) is 26.4. The van der Waals surface area contributed by atoms with Crippen molar-refractivity contribution in [1.29, 1.82) is 0 Å². The van der Waals surface area contributed by atoms with Gasteiger partial charge in [-0.15, -0.1) is 0 Å². The number of ether oxygens (including phenoxy) is 4. The van der Waals surface area contributed by atoms with Crippen LogP contribution in [0.3, 0.4) is 0 Å². The molecule has 0 rings (SSSR count). The van der Waals surface area contributed by atoms with Crippen molar-refractivity contribution in [3.8, 4) is 0 Å². The summed E-state index contributed by atoms with van der Waals surface area (Å²) in [5, 5.41) is 10.0. The van der Waals surface area contributed by atoms with Crippen LogP contribution in [-0.2, 0) is 57.3 Å². The topological polar surface area (TPSA) is 222 Å². The minimum Gasteiger partial charge on any atom is -0.464 e. The van der Waals surface area contributed by atoms with Gasteiger partial charge in [-0.2, -0.15) is 0 Å². The quantitative estimate of drug-likeness (QED) is 0.0415. The molecule has 0 radical (unpaired) electrons. The van der Waals surface area contributed by atoms with Gasteiger partial charge in [0.05, 0.1) is 19.6 Å². The molecule has 0 aromatic heterocycles. The lowest BCUT2D eigenvalue weighted by molar-refractivity contribution is -0.170. The van der Waals surface area contributed by atoms with E-state index >= 15 is 0 Å². The van der Waals surface area contributed by atoms with Crippen LogP contribution in [0.15, 0.2) is 0 Å². The first-order chi connectivity index (χ1) is 20.7. The largest absolute Gasteiger partial charge is 0.464 e. The lowest BCUT2D eigenvalue weighted by atomic mass is 10.1. The molecule has 0 heterocycles. The number of likely N-dealkylation sites (N-methyl/N-ethyl adjacent to an activating group) is 1. The van der Waals surface area contributed by atoms with Gasteiger partial charge in [-0.1, -0.05) is 14.9 Å². The molecule has 0 aliphatic carbocycles. The van der Waals surface area contributed by atoms with Crippen LogP contribution in [0, 0.1) is 0 Å². The molecule has 0 bridgehead atoms. The van der Waals surface area contributed by atoms with Gasteiger partial charge in [0, 0.05) is 12.8 Å². The van der Waals surface area contributed by atoms with Crippen LogP contribution in [0.2, 0.25) is 0 Å². The van der Waals surface area contributed by atoms with E-state index in [1.807, 2.05) is 0 Å². The second kappa shape index (κ2) is 26.2. The smallest absolute Gasteiger partial charge is 0.331 e. The van der Waals surface area contributed by atoms with Gasteiger partial charge in [-0.3, -0.25) is 24.0 Å². The molecular formula is C30H54N4O12. The van der Waals surface area contributed by atoms with Crippen molar-refractivity contribution in [3.05, 3.63) is 0 Å². The average Bonchev–Trinajstić information content (AvgIpc) is 2.95. The predicted molar refractivity (Wildman–Crippen MR) is 167 cm³/mol. The molecule has 4 atom stereocenters. The fraction of sp³-hybridized carbons (Fsp3) is 0.733. The first-order valence-electron chi connectivity index (χ1n) is 14.4. The third-order valence-electron chi connectivity index (χ3n) is 5.88. The number of Topliss-reactive ketones (excluding diaryl/α,β-unsaturated/α-hetero) is 1. The maximum atomic E-state index is 12.1. The molecule has 4 N–H and O–H groups in total. The van der Waals surface area contributed by atoms with Gasteiger partial charge in [-0.25, -0.2) is 14.4 Å². The Labute approximate surface area is 271 Å². The highest BCUT2D eigenvalue weighted by molar-refractivity contribution is 5.98. The Balaban J connectivity index is -0.00000924. The molecule has 0 saturated heterocycles. The molecule has 0 aromatic carbocycles. The number of unbranched alkanes of at least 4 members (excludes halogenated alkanes) is 2. The zero-order chi connectivity index (χ0) is 33.7. The second-order valence-electron chi connectivity index (χ2n) is 10.1. The van der Waals surface area contributed by atoms with Crippen LogP contribution in [-0.4, -0.2) is 98.6 Å². The van der Waals surface area contributed by atoms with Crippen molar-refractivity contribution in [3.63, 3.8) is 0 Å². The third-order valence-corrected chi connectivity index (χ3v) is 5.88. The molecule has 0 aliphatic rings. The van der Waals surface area contributed by atoms with Gasteiger partial charge in [0.2, 0.25) is 24.5 Å². The van der Waals surface area contributed by atoms with Crippen molar-refractivity contribution in [1.82, 2.24) is 21.3 Å². The fourth-order valence-corrected chi connectivity index (χ4v) is 3.21. The summed E-state index contributed by atoms with van der Waals surface area (Å²) in [5.74, 6) is -4.36. The Morgan fingerprint density at radius 2 is 0.870 bits per heavy atom. The molecule has 0 aromatic rings. The summed E-state index contributed by atoms with van der Waals surface area (Å²) in [5.41, 5.74) is 0. The molecule has 266 valence electrons. The molecule has 0 fully saturated rings. The van der Waals surface area contributed by atoms with E-state index in [-0.39, 0.29) is 53.1 Å². The lowest BCUT2D eigenvalue weighted by Crippen LogP contribution is -2.40. The Morgan fingerprint density at radius 3 is 1.24 bits per heavy atom. The van der Waals surface area contributed by atoms with Gasteiger partial charge in [0.25, 0.3) is 0 Å². The Hall–Kier alpha value is -4.08. The molecule has 0 spiro atoms. The number of amides is 3. The molecule has 46 heavy (non-hydrogen) atoms. The highest BCUT2D eigenvalue weighted by Gasteiger charge is 2.20. The summed E-state index contributed by atoms with van der Waals surface area (Å²) in [6.07, 6.45) is 1.31. The van der Waals surface area contributed by atoms with Crippen molar-refractivity contribution >= 4 is 47.4 Å². The number of esters is 4. The number of hydrogen-bond donors (Lipinski definition) is 4. The van der Waals surface area contributed by atoms with E-state index in [4.69, 9.17) is 18.9 Å². The zero-order valence-electron chi connectivity index (χ0n) is 26.3. The van der Waals surface area contributed by atoms with E-state index in [2.05, 4.69) is 21.3 Å². The standard InChI is InChI=1S/C28H46N4O12.2CH4/c1-17(33)15-24(36)32-20(4)27(39)42-14-10-9-13-41-26(38)19(3)30-22(34)11-7-8-12-23(35)31-21(5)28(40)44-16-43-25(37)18(2)29-6;;/h18-21,29H,7-16H2,1-6H3,(H,30,34)(H,31,35)(H,32,36);2*1H4. The van der Waals surface area contributed by atoms with Crippen LogP contribution < -0.4 is 21.3 Å². The predicted octanol–water partition coefficient (Wildman–Crippen LogP) is 0.831. The SMILES string of the molecule is C.C.CNC(C)C(=O)OCOC(=O)C(C)NC(=O)CCCCC(=O)NC(C)C(=O)OCCCCOC(=O)C(C)NC(=O)CC(C)=O. The zero-order valence-corrected chi connectivity index (χ0v) is 26.3. The molecular weight excluding hydrogens is 608 g/mol. The molecule has 16 heteroatoms. The van der Waals surface area contributed by atoms with Gasteiger partial charge in [0.1, 0.15) is 30.0 Å². The molecule has 3 amide bonds. The number of rotatable bonds is 22. The molecule has 16 nitrogen and oxygen atoms in total. The van der Waals surface area contributed by atoms with E-state index in [0.717, 1.165) is 0 Å². The first kappa shape index (κ1) is 46.3. The third kappa shape index (κ3) is 22.4. The maximum Gasteiger partial charge on any atom is 0.331 e. The maximum absolute atomic E-state index is 12.1. The fourth-order valence-electron chi connectivity index (χ4n) is 3.21. The molecule has 4 unspecified atom stereocenters. The van der Waals surface area contributed by atoms with Crippen molar-refractivity contribution < 1.29 is 57.3 Å². The normalized spacial score (nSPS) is 12.7. The van der Waals surface area contributed by atoms with E-state index in [1.54, 1.807) is 14.0 Å². The van der Waals surface area contributed by atoms with E-state index in [9.17, 15) is 38.4 Å². The first-order valence-corrected chi connectivity index (χ1v) is 14.4. The number of ketones is 1. The monoisotopic (exact) mass is 662 g/mol. The number of hydrogen-bond acceptors (Lipinski definition) is 13. The summed E-state index contributed by atoms with van der Waals surface area (Å²) in [7, 11) is 1.57. The summed E-state index contributed by atoms with van der Waals surface area (Å²) in [6, 6.07) is -3.32. The van der Waals surface area contributed by atoms with Crippen molar-refractivity contribution in [2.45, 2.75) is 119 Å². The van der Waals surface area contributed by atoms with E-state index < -0.39 is 72.6 Å². The summed E-state index contributed by atoms with van der Waals surface area (Å²) in [4.78, 5) is 94.0. The van der Waals surface area contributed by atoms with Crippen molar-refractivity contribution in [2.75, 3.05) is 27.1 Å². The summed E-state index contributed by atoms with van der Waals surface area (Å²) in [6.45, 7) is 6.69. The highest BCUT2D eigenvalue weighted by Crippen LogP contribution is 2.03. The summed E-state index contributed by atoms with van der Waals surface area (Å²) < 4.78 is 19.7. The number of nitrogens with one attached hydrogen (secondary N) is 4. The van der Waals surface area contributed by atoms with Gasteiger partial charge >= 0.3 is 23.9 Å². The van der Waals surface area contributed by atoms with E-state index in [1.165, 1.54) is 27.7 Å². The molecule has 0 aliphatic heterocycles. The highest BCUT2D eigenvalue weighted by atomic mass is 16.7. The minimum atomic E-state index is -0.963. The van der Waals surface area contributed by atoms with Crippen LogP contribution in [0.5, 0.6) is 0 Å². The van der Waals surface area contributed by atoms with Crippen LogP contribution in [0.4, 0.5) is 0 Å². The molecule has 0 saturated carbocycles. The van der Waals surface area contributed by atoms with Gasteiger partial charge < -0.3 is 40.2 Å². The van der Waals surface area contributed by atoms with Gasteiger partial charge in [0.15, 0.2) is 0 Å². The minimum absolute atomic E-state index is 0. The average molecular weight is 663 g/mol. The van der Waals surface area contributed by atoms with Gasteiger partial charge in [-0.05, 0) is 67.3 Å². The van der Waals surface area contributed by atoms with E-state index in [0.29, 0.717) is 25.7 Å². The summed E-state index contributed by atoms with van der Waals surface area (Å²) >= 11 is 0. The van der Waals surface area contributed by atoms with Crippen molar-refractivity contribution in [2.24, 2.45) is 0 Å². The number of carbonyl (C=O) groups excluding carboxylic acids is 8.